The van der Waals surface area contributed by atoms with Crippen LogP contribution in [0.1, 0.15) is 0 Å². The second-order valence-electron chi connectivity index (χ2n) is 2.74. The topological polar surface area (TPSA) is 56.9 Å². The largest absolute Gasteiger partial charge is 0.494 e. The van der Waals surface area contributed by atoms with Crippen molar-refractivity contribution in [3.63, 3.8) is 0 Å². The first-order valence-electron chi connectivity index (χ1n) is 3.95. The molecular weight excluding hydrogens is 180 g/mol. The molecular formula is C9H8N4O. The summed E-state index contributed by atoms with van der Waals surface area (Å²) in [5, 5.41) is 4.01. The number of rotatable bonds is 1. The van der Waals surface area contributed by atoms with Crippen molar-refractivity contribution >= 4 is 16.9 Å². The number of anilines is 1. The lowest BCUT2D eigenvalue weighted by Gasteiger charge is -2.06. The summed E-state index contributed by atoms with van der Waals surface area (Å²) in [6, 6.07) is 1.69. The Morgan fingerprint density at radius 1 is 1.64 bits per heavy atom. The van der Waals surface area contributed by atoms with Crippen LogP contribution in [0.5, 0.6) is 5.75 Å². The van der Waals surface area contributed by atoms with Gasteiger partial charge in [-0.3, -0.25) is 0 Å². The van der Waals surface area contributed by atoms with Gasteiger partial charge >= 0.3 is 0 Å². The van der Waals surface area contributed by atoms with Crippen molar-refractivity contribution in [1.29, 1.82) is 0 Å². The average Bonchev–Trinajstić information content (AvgIpc) is 2.61. The Morgan fingerprint density at radius 3 is 3.07 bits per heavy atom. The summed E-state index contributed by atoms with van der Waals surface area (Å²) in [7, 11) is 1.52. The van der Waals surface area contributed by atoms with Gasteiger partial charge in [-0.2, -0.15) is 5.10 Å². The molecule has 0 aliphatic rings. The fourth-order valence-electron chi connectivity index (χ4n) is 1.35. The first-order valence-corrected chi connectivity index (χ1v) is 3.95. The van der Waals surface area contributed by atoms with Crippen LogP contribution in [0.2, 0.25) is 0 Å². The van der Waals surface area contributed by atoms with Crippen LogP contribution in [0.15, 0.2) is 18.5 Å². The summed E-state index contributed by atoms with van der Waals surface area (Å²) in [6.07, 6.45) is 3.19. The highest BCUT2D eigenvalue weighted by atomic mass is 16.5. The summed E-state index contributed by atoms with van der Waals surface area (Å²) in [4.78, 5) is 3.34. The van der Waals surface area contributed by atoms with E-state index in [0.717, 1.165) is 0 Å². The number of nitrogens with zero attached hydrogens (tertiary/aromatic N) is 3. The molecule has 0 spiro atoms. The quantitative estimate of drug-likeness (QED) is 0.689. The number of methoxy groups -OCH3 is 1. The van der Waals surface area contributed by atoms with Crippen LogP contribution in [0.3, 0.4) is 0 Å². The lowest BCUT2D eigenvalue weighted by Crippen LogP contribution is -1.96. The van der Waals surface area contributed by atoms with Crippen LogP contribution in [-0.4, -0.2) is 16.7 Å². The minimum absolute atomic E-state index is 0.439. The molecule has 14 heavy (non-hydrogen) atoms. The first kappa shape index (κ1) is 8.38. The molecule has 2 rings (SSSR count). The van der Waals surface area contributed by atoms with Gasteiger partial charge in [0.25, 0.3) is 0 Å². The third kappa shape index (κ3) is 0.977. The lowest BCUT2D eigenvalue weighted by atomic mass is 10.3. The average molecular weight is 188 g/mol. The molecule has 0 saturated heterocycles. The second kappa shape index (κ2) is 2.92. The Kier molecular flexibility index (Phi) is 1.75. The first-order chi connectivity index (χ1) is 6.77. The summed E-state index contributed by atoms with van der Waals surface area (Å²) in [6.45, 7) is 6.96. The third-order valence-corrected chi connectivity index (χ3v) is 1.97. The number of nitrogens with two attached hydrogens (primary N) is 1. The van der Waals surface area contributed by atoms with E-state index in [-0.39, 0.29) is 0 Å². The van der Waals surface area contributed by atoms with E-state index in [0.29, 0.717) is 22.6 Å². The molecule has 5 nitrogen and oxygen atoms in total. The molecule has 2 N–H and O–H groups in total. The maximum Gasteiger partial charge on any atom is 0.235 e. The van der Waals surface area contributed by atoms with Gasteiger partial charge < -0.3 is 10.5 Å². The zero-order valence-electron chi connectivity index (χ0n) is 7.56. The number of ether oxygens (including phenoxy) is 1. The van der Waals surface area contributed by atoms with Gasteiger partial charge in [-0.05, 0) is 6.07 Å². The maximum atomic E-state index is 6.96. The standard InChI is InChI=1S/C9H8N4O/c1-11-7-5-12-13-4-3-6(10)9(14-2)8(7)13/h3-5H,10H2,2H3. The summed E-state index contributed by atoms with van der Waals surface area (Å²) < 4.78 is 6.70. The van der Waals surface area contributed by atoms with Crippen molar-refractivity contribution in [3.8, 4) is 5.75 Å². The number of hydrogen-bond donors (Lipinski definition) is 1. The van der Waals surface area contributed by atoms with Crippen LogP contribution in [0, 0.1) is 6.57 Å². The minimum atomic E-state index is 0.439. The summed E-state index contributed by atoms with van der Waals surface area (Å²) >= 11 is 0. The highest BCUT2D eigenvalue weighted by Gasteiger charge is 2.11. The number of nitrogen functional groups attached to an aromatic ring is 1. The SMILES string of the molecule is [C-]#[N+]c1cnn2ccc(N)c(OC)c12. The van der Waals surface area contributed by atoms with E-state index < -0.39 is 0 Å². The van der Waals surface area contributed by atoms with Crippen molar-refractivity contribution in [1.82, 2.24) is 9.61 Å². The third-order valence-electron chi connectivity index (χ3n) is 1.97. The Labute approximate surface area is 80.5 Å². The molecule has 0 aliphatic carbocycles. The highest BCUT2D eigenvalue weighted by molar-refractivity contribution is 5.84. The van der Waals surface area contributed by atoms with Crippen LogP contribution >= 0.6 is 0 Å². The van der Waals surface area contributed by atoms with E-state index in [1.807, 2.05) is 0 Å². The lowest BCUT2D eigenvalue weighted by molar-refractivity contribution is 0.420. The molecule has 0 aliphatic heterocycles. The zero-order valence-corrected chi connectivity index (χ0v) is 7.56. The fraction of sp³-hybridized carbons (Fsp3) is 0.111. The Bertz CT molecular complexity index is 523. The van der Waals surface area contributed by atoms with Crippen molar-refractivity contribution in [2.75, 3.05) is 12.8 Å². The van der Waals surface area contributed by atoms with E-state index in [1.54, 1.807) is 16.8 Å². The molecule has 0 fully saturated rings. The number of fused-ring (bicyclic) bond motifs is 1. The molecule has 5 heteroatoms. The van der Waals surface area contributed by atoms with Crippen LogP contribution in [0.25, 0.3) is 10.4 Å². The Morgan fingerprint density at radius 2 is 2.43 bits per heavy atom. The number of aromatic nitrogens is 2. The molecule has 2 heterocycles. The van der Waals surface area contributed by atoms with E-state index >= 15 is 0 Å². The Hall–Kier alpha value is -2.22. The van der Waals surface area contributed by atoms with Gasteiger partial charge in [-0.25, -0.2) is 9.36 Å². The molecule has 0 aromatic carbocycles. The van der Waals surface area contributed by atoms with Crippen molar-refractivity contribution in [2.24, 2.45) is 0 Å². The zero-order chi connectivity index (χ0) is 10.1. The van der Waals surface area contributed by atoms with Crippen LogP contribution in [0.4, 0.5) is 11.4 Å². The Balaban J connectivity index is 2.90. The van der Waals surface area contributed by atoms with Gasteiger partial charge in [0.05, 0.1) is 25.6 Å². The van der Waals surface area contributed by atoms with Gasteiger partial charge in [-0.15, -0.1) is 0 Å². The smallest absolute Gasteiger partial charge is 0.235 e. The van der Waals surface area contributed by atoms with E-state index in [2.05, 4.69) is 9.94 Å². The molecule has 2 aromatic heterocycles. The molecule has 0 bridgehead atoms. The normalized spacial score (nSPS) is 10.0. The van der Waals surface area contributed by atoms with Gasteiger partial charge in [0.1, 0.15) is 5.52 Å². The van der Waals surface area contributed by atoms with Crippen molar-refractivity contribution in [3.05, 3.63) is 29.9 Å². The monoisotopic (exact) mass is 188 g/mol. The predicted molar refractivity (Wildman–Crippen MR) is 52.4 cm³/mol. The van der Waals surface area contributed by atoms with Crippen LogP contribution < -0.4 is 10.5 Å². The molecule has 0 amide bonds. The number of pyridine rings is 1. The van der Waals surface area contributed by atoms with Gasteiger partial charge in [0.2, 0.25) is 5.69 Å². The highest BCUT2D eigenvalue weighted by Crippen LogP contribution is 2.33. The van der Waals surface area contributed by atoms with Gasteiger partial charge in [0.15, 0.2) is 5.75 Å². The van der Waals surface area contributed by atoms with Crippen molar-refractivity contribution < 1.29 is 4.74 Å². The second-order valence-corrected chi connectivity index (χ2v) is 2.74. The summed E-state index contributed by atoms with van der Waals surface area (Å²) in [5.41, 5.74) is 7.27. The molecule has 0 saturated carbocycles. The summed E-state index contributed by atoms with van der Waals surface area (Å²) in [5.74, 6) is 0.496. The van der Waals surface area contributed by atoms with E-state index in [9.17, 15) is 0 Å². The maximum absolute atomic E-state index is 6.96. The van der Waals surface area contributed by atoms with E-state index in [1.165, 1.54) is 13.3 Å². The van der Waals surface area contributed by atoms with Crippen LogP contribution in [-0.2, 0) is 0 Å². The molecule has 0 radical (unpaired) electrons. The van der Waals surface area contributed by atoms with Gasteiger partial charge in [-0.1, -0.05) is 0 Å². The predicted octanol–water partition coefficient (Wildman–Crippen LogP) is 1.48. The van der Waals surface area contributed by atoms with E-state index in [4.69, 9.17) is 17.0 Å². The minimum Gasteiger partial charge on any atom is -0.494 e. The molecule has 2 aromatic rings. The molecule has 0 atom stereocenters. The van der Waals surface area contributed by atoms with Gasteiger partial charge in [0, 0.05) is 6.20 Å². The molecule has 0 unspecified atom stereocenters. The number of hydrogen-bond acceptors (Lipinski definition) is 3. The van der Waals surface area contributed by atoms with Crippen molar-refractivity contribution in [2.45, 2.75) is 0 Å². The fourth-order valence-corrected chi connectivity index (χ4v) is 1.35. The molecule has 70 valence electrons.